The second-order valence-corrected chi connectivity index (χ2v) is 5.54. The minimum Gasteiger partial charge on any atom is -0.466 e. The molecule has 1 aromatic heterocycles. The van der Waals surface area contributed by atoms with Crippen LogP contribution >= 0.6 is 23.1 Å². The van der Waals surface area contributed by atoms with Crippen molar-refractivity contribution in [3.63, 3.8) is 0 Å². The highest BCUT2D eigenvalue weighted by Gasteiger charge is 2.17. The number of hydrogen-bond donors (Lipinski definition) is 0. The molecule has 1 aliphatic heterocycles. The highest BCUT2D eigenvalue weighted by atomic mass is 32.2. The second kappa shape index (κ2) is 4.99. The number of fused-ring (bicyclic) bond motifs is 1. The predicted octanol–water partition coefficient (Wildman–Crippen LogP) is 2.04. The van der Waals surface area contributed by atoms with Crippen LogP contribution in [-0.2, 0) is 28.1 Å². The average Bonchev–Trinajstić information content (AvgIpc) is 2.59. The van der Waals surface area contributed by atoms with Crippen molar-refractivity contribution in [1.29, 1.82) is 0 Å². The number of aryl methyl sites for hydroxylation is 1. The summed E-state index contributed by atoms with van der Waals surface area (Å²) >= 11 is 3.59. The van der Waals surface area contributed by atoms with E-state index in [0.717, 1.165) is 22.9 Å². The first-order chi connectivity index (χ1) is 7.29. The van der Waals surface area contributed by atoms with Crippen molar-refractivity contribution in [1.82, 2.24) is 4.98 Å². The maximum atomic E-state index is 11.3. The van der Waals surface area contributed by atoms with E-state index >= 15 is 0 Å². The van der Waals surface area contributed by atoms with Gasteiger partial charge in [-0.25, -0.2) is 4.98 Å². The lowest BCUT2D eigenvalue weighted by Gasteiger charge is -2.06. The van der Waals surface area contributed by atoms with Gasteiger partial charge < -0.3 is 4.74 Å². The van der Waals surface area contributed by atoms with Gasteiger partial charge in [-0.1, -0.05) is 0 Å². The number of nitrogens with zero attached hydrogens (tertiary/aromatic N) is 1. The number of aromatic nitrogens is 1. The van der Waals surface area contributed by atoms with Crippen LogP contribution in [-0.4, -0.2) is 23.3 Å². The highest BCUT2D eigenvalue weighted by molar-refractivity contribution is 7.98. The zero-order valence-electron chi connectivity index (χ0n) is 8.62. The number of carbonyl (C=O) groups excluding carboxylic acids is 1. The smallest absolute Gasteiger partial charge is 0.312 e. The summed E-state index contributed by atoms with van der Waals surface area (Å²) in [6.45, 7) is 2.27. The van der Waals surface area contributed by atoms with Gasteiger partial charge in [-0.15, -0.1) is 11.3 Å². The molecule has 2 rings (SSSR count). The Balaban J connectivity index is 2.03. The highest BCUT2D eigenvalue weighted by Crippen LogP contribution is 2.29. The lowest BCUT2D eigenvalue weighted by Crippen LogP contribution is -2.07. The Hall–Kier alpha value is -0.550. The number of ether oxygens (including phenoxy) is 1. The van der Waals surface area contributed by atoms with Gasteiger partial charge in [-0.05, 0) is 19.1 Å². The van der Waals surface area contributed by atoms with Gasteiger partial charge in [0.15, 0.2) is 0 Å². The van der Waals surface area contributed by atoms with E-state index in [-0.39, 0.29) is 5.97 Å². The third kappa shape index (κ3) is 2.72. The standard InChI is InChI=1S/C10H13NO2S2/c1-2-13-10(12)5-9-11-7-3-4-14-6-8(7)15-9/h2-6H2,1H3. The molecule has 0 saturated heterocycles. The Kier molecular flexibility index (Phi) is 3.64. The van der Waals surface area contributed by atoms with Crippen LogP contribution in [0.3, 0.4) is 0 Å². The molecule has 0 unspecified atom stereocenters. The van der Waals surface area contributed by atoms with Gasteiger partial charge in [-0.2, -0.15) is 11.8 Å². The summed E-state index contributed by atoms with van der Waals surface area (Å²) in [5.41, 5.74) is 1.19. The molecule has 1 aromatic rings. The molecule has 0 bridgehead atoms. The third-order valence-corrected chi connectivity index (χ3v) is 4.41. The molecular weight excluding hydrogens is 230 g/mol. The molecule has 0 radical (unpaired) electrons. The van der Waals surface area contributed by atoms with E-state index in [4.69, 9.17) is 4.74 Å². The first kappa shape index (κ1) is 11.0. The summed E-state index contributed by atoms with van der Waals surface area (Å²) in [5.74, 6) is 2.03. The van der Waals surface area contributed by atoms with Crippen molar-refractivity contribution in [2.45, 2.75) is 25.5 Å². The molecule has 0 fully saturated rings. The molecule has 2 heterocycles. The molecular formula is C10H13NO2S2. The minimum absolute atomic E-state index is 0.170. The van der Waals surface area contributed by atoms with Crippen molar-refractivity contribution in [3.8, 4) is 0 Å². The molecule has 15 heavy (non-hydrogen) atoms. The van der Waals surface area contributed by atoms with Crippen molar-refractivity contribution in [3.05, 3.63) is 15.6 Å². The van der Waals surface area contributed by atoms with E-state index in [2.05, 4.69) is 4.98 Å². The fraction of sp³-hybridized carbons (Fsp3) is 0.600. The van der Waals surface area contributed by atoms with Crippen LogP contribution in [0, 0.1) is 0 Å². The second-order valence-electron chi connectivity index (χ2n) is 3.26. The van der Waals surface area contributed by atoms with Crippen LogP contribution in [0.2, 0.25) is 0 Å². The van der Waals surface area contributed by atoms with Crippen molar-refractivity contribution in [2.75, 3.05) is 12.4 Å². The Labute approximate surface area is 97.2 Å². The van der Waals surface area contributed by atoms with Crippen LogP contribution in [0.1, 0.15) is 22.5 Å². The zero-order valence-corrected chi connectivity index (χ0v) is 10.2. The third-order valence-electron chi connectivity index (χ3n) is 2.14. The van der Waals surface area contributed by atoms with E-state index in [9.17, 15) is 4.79 Å². The van der Waals surface area contributed by atoms with E-state index < -0.39 is 0 Å². The molecule has 1 aliphatic rings. The normalized spacial score (nSPS) is 14.7. The summed E-state index contributed by atoms with van der Waals surface area (Å²) in [4.78, 5) is 17.1. The van der Waals surface area contributed by atoms with Crippen LogP contribution in [0.4, 0.5) is 0 Å². The fourth-order valence-electron chi connectivity index (χ4n) is 1.49. The Bertz CT molecular complexity index is 339. The largest absolute Gasteiger partial charge is 0.466 e. The van der Waals surface area contributed by atoms with E-state index in [0.29, 0.717) is 13.0 Å². The monoisotopic (exact) mass is 243 g/mol. The minimum atomic E-state index is -0.170. The number of carbonyl (C=O) groups is 1. The summed E-state index contributed by atoms with van der Waals surface area (Å²) in [5, 5.41) is 0.904. The van der Waals surface area contributed by atoms with Gasteiger partial charge in [0, 0.05) is 10.6 Å². The topological polar surface area (TPSA) is 39.2 Å². The quantitative estimate of drug-likeness (QED) is 0.762. The van der Waals surface area contributed by atoms with E-state index in [1.165, 1.54) is 10.6 Å². The molecule has 0 aromatic carbocycles. The van der Waals surface area contributed by atoms with Gasteiger partial charge in [0.25, 0.3) is 0 Å². The number of hydrogen-bond acceptors (Lipinski definition) is 5. The lowest BCUT2D eigenvalue weighted by atomic mass is 10.3. The molecule has 0 amide bonds. The molecule has 3 nitrogen and oxygen atoms in total. The molecule has 0 atom stereocenters. The summed E-state index contributed by atoms with van der Waals surface area (Å²) in [7, 11) is 0. The Morgan fingerprint density at radius 2 is 2.47 bits per heavy atom. The van der Waals surface area contributed by atoms with Gasteiger partial charge in [0.2, 0.25) is 0 Å². The molecule has 0 N–H and O–H groups in total. The first-order valence-corrected chi connectivity index (χ1v) is 6.97. The van der Waals surface area contributed by atoms with Gasteiger partial charge in [-0.3, -0.25) is 4.79 Å². The maximum Gasteiger partial charge on any atom is 0.312 e. The molecule has 0 spiro atoms. The number of thioether (sulfide) groups is 1. The number of rotatable bonds is 3. The summed E-state index contributed by atoms with van der Waals surface area (Å²) < 4.78 is 4.90. The van der Waals surface area contributed by atoms with Crippen LogP contribution in [0.15, 0.2) is 0 Å². The van der Waals surface area contributed by atoms with Crippen LogP contribution in [0.25, 0.3) is 0 Å². The molecule has 82 valence electrons. The van der Waals surface area contributed by atoms with Gasteiger partial charge in [0.1, 0.15) is 5.01 Å². The molecule has 0 saturated carbocycles. The number of thiazole rings is 1. The average molecular weight is 243 g/mol. The van der Waals surface area contributed by atoms with Crippen LogP contribution in [0.5, 0.6) is 0 Å². The molecule has 0 aliphatic carbocycles. The SMILES string of the molecule is CCOC(=O)Cc1nc2c(s1)CSCC2. The Morgan fingerprint density at radius 1 is 1.60 bits per heavy atom. The molecule has 5 heteroatoms. The zero-order chi connectivity index (χ0) is 10.7. The van der Waals surface area contributed by atoms with E-state index in [1.54, 1.807) is 11.3 Å². The number of esters is 1. The summed E-state index contributed by atoms with van der Waals surface area (Å²) in [6, 6.07) is 0. The van der Waals surface area contributed by atoms with Crippen LogP contribution < -0.4 is 0 Å². The van der Waals surface area contributed by atoms with Crippen molar-refractivity contribution in [2.24, 2.45) is 0 Å². The first-order valence-electron chi connectivity index (χ1n) is 5.00. The lowest BCUT2D eigenvalue weighted by molar-refractivity contribution is -0.142. The van der Waals surface area contributed by atoms with E-state index in [1.807, 2.05) is 18.7 Å². The Morgan fingerprint density at radius 3 is 3.20 bits per heavy atom. The van der Waals surface area contributed by atoms with Crippen molar-refractivity contribution < 1.29 is 9.53 Å². The fourth-order valence-corrected chi connectivity index (χ4v) is 3.71. The predicted molar refractivity (Wildman–Crippen MR) is 62.3 cm³/mol. The van der Waals surface area contributed by atoms with Crippen molar-refractivity contribution >= 4 is 29.1 Å². The summed E-state index contributed by atoms with van der Waals surface area (Å²) in [6.07, 6.45) is 1.37. The van der Waals surface area contributed by atoms with Gasteiger partial charge >= 0.3 is 5.97 Å². The maximum absolute atomic E-state index is 11.3. The van der Waals surface area contributed by atoms with Gasteiger partial charge in [0.05, 0.1) is 18.7 Å².